The summed E-state index contributed by atoms with van der Waals surface area (Å²) in [6, 6.07) is 10.8. The van der Waals surface area contributed by atoms with Crippen LogP contribution in [0.5, 0.6) is 11.6 Å². The van der Waals surface area contributed by atoms with E-state index < -0.39 is 0 Å². The van der Waals surface area contributed by atoms with Gasteiger partial charge in [-0.25, -0.2) is 4.98 Å². The molecule has 116 valence electrons. The number of methoxy groups -OCH3 is 1. The van der Waals surface area contributed by atoms with Crippen molar-refractivity contribution in [2.75, 3.05) is 13.7 Å². The fourth-order valence-corrected chi connectivity index (χ4v) is 2.19. The summed E-state index contributed by atoms with van der Waals surface area (Å²) in [5.74, 6) is 0.858. The molecule has 2 rings (SSSR count). The van der Waals surface area contributed by atoms with E-state index in [1.807, 2.05) is 38.1 Å². The Labute approximate surface area is 130 Å². The Hall–Kier alpha value is -2.56. The van der Waals surface area contributed by atoms with Crippen LogP contribution >= 0.6 is 0 Å². The Morgan fingerprint density at radius 1 is 1.27 bits per heavy atom. The topological polar surface area (TPSA) is 60.5 Å². The van der Waals surface area contributed by atoms with Gasteiger partial charge in [-0.05, 0) is 32.0 Å². The molecule has 0 saturated heterocycles. The Morgan fingerprint density at radius 3 is 2.77 bits per heavy atom. The van der Waals surface area contributed by atoms with Crippen molar-refractivity contribution in [2.24, 2.45) is 0 Å². The van der Waals surface area contributed by atoms with Gasteiger partial charge in [-0.3, -0.25) is 4.79 Å². The molecule has 0 radical (unpaired) electrons. The third kappa shape index (κ3) is 3.55. The van der Waals surface area contributed by atoms with E-state index in [9.17, 15) is 4.79 Å². The van der Waals surface area contributed by atoms with Gasteiger partial charge in [-0.2, -0.15) is 0 Å². The maximum Gasteiger partial charge on any atom is 0.257 e. The summed E-state index contributed by atoms with van der Waals surface area (Å²) in [4.78, 5) is 16.5. The second kappa shape index (κ2) is 7.45. The molecule has 1 aromatic heterocycles. The van der Waals surface area contributed by atoms with E-state index in [-0.39, 0.29) is 11.9 Å². The van der Waals surface area contributed by atoms with Crippen LogP contribution in [0.15, 0.2) is 42.6 Å². The van der Waals surface area contributed by atoms with Gasteiger partial charge in [-0.1, -0.05) is 18.2 Å². The lowest BCUT2D eigenvalue weighted by atomic mass is 10.1. The minimum atomic E-state index is -0.227. The van der Waals surface area contributed by atoms with E-state index in [0.717, 1.165) is 11.3 Å². The molecule has 0 bridgehead atoms. The first-order chi connectivity index (χ1) is 10.7. The average molecular weight is 300 g/mol. The van der Waals surface area contributed by atoms with Crippen LogP contribution in [0.3, 0.4) is 0 Å². The van der Waals surface area contributed by atoms with Crippen molar-refractivity contribution in [1.82, 2.24) is 10.3 Å². The lowest BCUT2D eigenvalue weighted by molar-refractivity contribution is 0.0935. The minimum absolute atomic E-state index is 0.196. The maximum absolute atomic E-state index is 12.5. The summed E-state index contributed by atoms with van der Waals surface area (Å²) < 4.78 is 10.7. The highest BCUT2D eigenvalue weighted by Crippen LogP contribution is 2.25. The molecule has 1 N–H and O–H groups in total. The zero-order valence-electron chi connectivity index (χ0n) is 13.0. The van der Waals surface area contributed by atoms with Crippen LogP contribution in [0.1, 0.15) is 35.8 Å². The molecule has 0 saturated carbocycles. The number of hydrogen-bond acceptors (Lipinski definition) is 4. The third-order valence-corrected chi connectivity index (χ3v) is 3.25. The molecule has 0 fully saturated rings. The number of para-hydroxylation sites is 1. The lowest BCUT2D eigenvalue weighted by Gasteiger charge is -2.18. The van der Waals surface area contributed by atoms with Crippen LogP contribution in [0.25, 0.3) is 0 Å². The van der Waals surface area contributed by atoms with E-state index in [1.54, 1.807) is 25.4 Å². The molecule has 1 aromatic carbocycles. The van der Waals surface area contributed by atoms with Gasteiger partial charge in [0.05, 0.1) is 19.8 Å². The number of amides is 1. The molecule has 1 heterocycles. The van der Waals surface area contributed by atoms with Crippen molar-refractivity contribution in [2.45, 2.75) is 19.9 Å². The molecule has 2 aromatic rings. The highest BCUT2D eigenvalue weighted by molar-refractivity contribution is 5.96. The number of benzene rings is 1. The fourth-order valence-electron chi connectivity index (χ4n) is 2.19. The Morgan fingerprint density at radius 2 is 2.05 bits per heavy atom. The second-order valence-electron chi connectivity index (χ2n) is 4.73. The quantitative estimate of drug-likeness (QED) is 0.891. The smallest absolute Gasteiger partial charge is 0.257 e. The maximum atomic E-state index is 12.5. The molecule has 1 atom stereocenters. The number of pyridine rings is 1. The molecule has 0 aliphatic heterocycles. The average Bonchev–Trinajstić information content (AvgIpc) is 2.55. The highest BCUT2D eigenvalue weighted by atomic mass is 16.5. The van der Waals surface area contributed by atoms with E-state index in [1.165, 1.54) is 0 Å². The first-order valence-corrected chi connectivity index (χ1v) is 7.19. The highest BCUT2D eigenvalue weighted by Gasteiger charge is 2.18. The monoisotopic (exact) mass is 300 g/mol. The predicted molar refractivity (Wildman–Crippen MR) is 84.3 cm³/mol. The number of nitrogens with zero attached hydrogens (tertiary/aromatic N) is 1. The number of rotatable bonds is 6. The third-order valence-electron chi connectivity index (χ3n) is 3.25. The Balaban J connectivity index is 2.18. The summed E-state index contributed by atoms with van der Waals surface area (Å²) in [5.41, 5.74) is 1.34. The molecule has 0 unspecified atom stereocenters. The number of nitrogens with one attached hydrogen (secondary N) is 1. The van der Waals surface area contributed by atoms with Gasteiger partial charge >= 0.3 is 0 Å². The van der Waals surface area contributed by atoms with Crippen LogP contribution in [0, 0.1) is 0 Å². The van der Waals surface area contributed by atoms with E-state index in [4.69, 9.17) is 9.47 Å². The van der Waals surface area contributed by atoms with Crippen molar-refractivity contribution in [3.8, 4) is 11.6 Å². The molecule has 5 heteroatoms. The molecule has 0 spiro atoms. The van der Waals surface area contributed by atoms with Crippen LogP contribution in [-0.4, -0.2) is 24.6 Å². The number of ether oxygens (including phenoxy) is 2. The minimum Gasteiger partial charge on any atom is -0.496 e. The summed E-state index contributed by atoms with van der Waals surface area (Å²) in [7, 11) is 1.61. The van der Waals surface area contributed by atoms with Crippen molar-refractivity contribution in [3.05, 3.63) is 53.7 Å². The first kappa shape index (κ1) is 15.8. The van der Waals surface area contributed by atoms with E-state index in [0.29, 0.717) is 18.1 Å². The van der Waals surface area contributed by atoms with Crippen molar-refractivity contribution >= 4 is 5.91 Å². The number of carbonyl (C=O) groups is 1. The van der Waals surface area contributed by atoms with Gasteiger partial charge in [0.1, 0.15) is 11.3 Å². The molecular weight excluding hydrogens is 280 g/mol. The Kier molecular flexibility index (Phi) is 5.36. The summed E-state index contributed by atoms with van der Waals surface area (Å²) in [6.07, 6.45) is 1.60. The lowest BCUT2D eigenvalue weighted by Crippen LogP contribution is -2.27. The van der Waals surface area contributed by atoms with Gasteiger partial charge in [-0.15, -0.1) is 0 Å². The van der Waals surface area contributed by atoms with Crippen LogP contribution in [0.4, 0.5) is 0 Å². The predicted octanol–water partition coefficient (Wildman–Crippen LogP) is 2.98. The van der Waals surface area contributed by atoms with Crippen LogP contribution in [0.2, 0.25) is 0 Å². The second-order valence-corrected chi connectivity index (χ2v) is 4.73. The zero-order chi connectivity index (χ0) is 15.9. The van der Waals surface area contributed by atoms with E-state index >= 15 is 0 Å². The summed E-state index contributed by atoms with van der Waals surface area (Å²) in [6.45, 7) is 4.22. The molecule has 0 aliphatic carbocycles. The number of hydrogen-bond donors (Lipinski definition) is 1. The van der Waals surface area contributed by atoms with E-state index in [2.05, 4.69) is 10.3 Å². The number of carbonyl (C=O) groups excluding carboxylic acids is 1. The first-order valence-electron chi connectivity index (χ1n) is 7.19. The zero-order valence-corrected chi connectivity index (χ0v) is 13.0. The van der Waals surface area contributed by atoms with Gasteiger partial charge in [0.2, 0.25) is 5.88 Å². The molecule has 22 heavy (non-hydrogen) atoms. The largest absolute Gasteiger partial charge is 0.496 e. The summed E-state index contributed by atoms with van der Waals surface area (Å²) >= 11 is 0. The van der Waals surface area contributed by atoms with Gasteiger partial charge in [0, 0.05) is 11.8 Å². The van der Waals surface area contributed by atoms with Gasteiger partial charge < -0.3 is 14.8 Å². The summed E-state index contributed by atoms with van der Waals surface area (Å²) in [5, 5.41) is 2.95. The SMILES string of the molecule is CCOc1ncccc1C(=O)N[C@H](C)c1ccccc1OC. The molecular formula is C17H20N2O3. The van der Waals surface area contributed by atoms with Crippen molar-refractivity contribution in [1.29, 1.82) is 0 Å². The van der Waals surface area contributed by atoms with Gasteiger partial charge in [0.15, 0.2) is 0 Å². The normalized spacial score (nSPS) is 11.6. The van der Waals surface area contributed by atoms with Gasteiger partial charge in [0.25, 0.3) is 5.91 Å². The Bertz CT molecular complexity index is 643. The fraction of sp³-hybridized carbons (Fsp3) is 0.294. The molecule has 0 aliphatic rings. The van der Waals surface area contributed by atoms with Crippen molar-refractivity contribution in [3.63, 3.8) is 0 Å². The standard InChI is InChI=1S/C17H20N2O3/c1-4-22-17-14(9-7-11-18-17)16(20)19-12(2)13-8-5-6-10-15(13)21-3/h5-12H,4H2,1-3H3,(H,19,20)/t12-/m1/s1. The van der Waals surface area contributed by atoms with Crippen molar-refractivity contribution < 1.29 is 14.3 Å². The molecule has 1 amide bonds. The van der Waals surface area contributed by atoms with Crippen LogP contribution < -0.4 is 14.8 Å². The number of aromatic nitrogens is 1. The molecule has 5 nitrogen and oxygen atoms in total. The van der Waals surface area contributed by atoms with Crippen LogP contribution in [-0.2, 0) is 0 Å².